The summed E-state index contributed by atoms with van der Waals surface area (Å²) in [5.74, 6) is 0.218. The SMILES string of the molecule is CCCN(C(=O)c1cccn1CC)C1CC2CCC(C1)N2. The van der Waals surface area contributed by atoms with Gasteiger partial charge in [-0.15, -0.1) is 0 Å². The molecule has 2 fully saturated rings. The molecule has 1 aromatic rings. The molecule has 2 aliphatic rings. The Hall–Kier alpha value is -1.29. The summed E-state index contributed by atoms with van der Waals surface area (Å²) >= 11 is 0. The highest BCUT2D eigenvalue weighted by Crippen LogP contribution is 2.30. The molecule has 0 radical (unpaired) electrons. The molecule has 2 bridgehead atoms. The van der Waals surface area contributed by atoms with Crippen LogP contribution in [-0.4, -0.2) is 40.0 Å². The van der Waals surface area contributed by atoms with Gasteiger partial charge in [-0.25, -0.2) is 0 Å². The average molecular weight is 289 g/mol. The number of fused-ring (bicyclic) bond motifs is 2. The van der Waals surface area contributed by atoms with Gasteiger partial charge in [0, 0.05) is 37.4 Å². The maximum absolute atomic E-state index is 13.0. The molecule has 2 unspecified atom stereocenters. The molecule has 116 valence electrons. The summed E-state index contributed by atoms with van der Waals surface area (Å²) in [6, 6.07) is 5.60. The lowest BCUT2D eigenvalue weighted by Gasteiger charge is -2.38. The average Bonchev–Trinajstić information content (AvgIpc) is 3.10. The van der Waals surface area contributed by atoms with Gasteiger partial charge >= 0.3 is 0 Å². The third kappa shape index (κ3) is 2.86. The van der Waals surface area contributed by atoms with Crippen LogP contribution in [0.15, 0.2) is 18.3 Å². The van der Waals surface area contributed by atoms with Gasteiger partial charge in [-0.05, 0) is 51.2 Å². The smallest absolute Gasteiger partial charge is 0.270 e. The molecule has 4 heteroatoms. The Kier molecular flexibility index (Phi) is 4.34. The van der Waals surface area contributed by atoms with E-state index in [9.17, 15) is 4.79 Å². The monoisotopic (exact) mass is 289 g/mol. The van der Waals surface area contributed by atoms with Gasteiger partial charge in [0.2, 0.25) is 0 Å². The zero-order valence-corrected chi connectivity index (χ0v) is 13.2. The van der Waals surface area contributed by atoms with Crippen molar-refractivity contribution in [2.24, 2.45) is 0 Å². The number of amides is 1. The van der Waals surface area contributed by atoms with Crippen LogP contribution in [0.1, 0.15) is 56.4 Å². The number of nitrogens with zero attached hydrogens (tertiary/aromatic N) is 2. The summed E-state index contributed by atoms with van der Waals surface area (Å²) in [6.45, 7) is 5.98. The molecule has 0 saturated carbocycles. The minimum absolute atomic E-state index is 0.218. The van der Waals surface area contributed by atoms with Crippen molar-refractivity contribution in [2.45, 2.75) is 70.6 Å². The van der Waals surface area contributed by atoms with Crippen LogP contribution in [0.3, 0.4) is 0 Å². The van der Waals surface area contributed by atoms with Gasteiger partial charge in [-0.3, -0.25) is 4.79 Å². The van der Waals surface area contributed by atoms with Crippen LogP contribution in [-0.2, 0) is 6.54 Å². The number of hydrogen-bond donors (Lipinski definition) is 1. The second-order valence-corrected chi connectivity index (χ2v) is 6.44. The summed E-state index contributed by atoms with van der Waals surface area (Å²) in [6.07, 6.45) is 7.83. The lowest BCUT2D eigenvalue weighted by Crippen LogP contribution is -2.50. The van der Waals surface area contributed by atoms with Gasteiger partial charge in [0.25, 0.3) is 5.91 Å². The second kappa shape index (κ2) is 6.22. The molecule has 2 saturated heterocycles. The van der Waals surface area contributed by atoms with Gasteiger partial charge in [0.05, 0.1) is 0 Å². The van der Waals surface area contributed by atoms with Crippen molar-refractivity contribution in [3.8, 4) is 0 Å². The van der Waals surface area contributed by atoms with Gasteiger partial charge in [-0.1, -0.05) is 6.92 Å². The van der Waals surface area contributed by atoms with Crippen LogP contribution in [0.4, 0.5) is 0 Å². The zero-order valence-electron chi connectivity index (χ0n) is 13.2. The second-order valence-electron chi connectivity index (χ2n) is 6.44. The molecule has 0 aromatic carbocycles. The summed E-state index contributed by atoms with van der Waals surface area (Å²) in [4.78, 5) is 15.1. The zero-order chi connectivity index (χ0) is 14.8. The van der Waals surface area contributed by atoms with E-state index >= 15 is 0 Å². The maximum atomic E-state index is 13.0. The maximum Gasteiger partial charge on any atom is 0.270 e. The third-order valence-corrected chi connectivity index (χ3v) is 5.00. The molecule has 1 N–H and O–H groups in total. The van der Waals surface area contributed by atoms with E-state index in [1.54, 1.807) is 0 Å². The van der Waals surface area contributed by atoms with Crippen molar-refractivity contribution in [3.05, 3.63) is 24.0 Å². The van der Waals surface area contributed by atoms with E-state index in [0.29, 0.717) is 18.1 Å². The van der Waals surface area contributed by atoms with E-state index in [1.165, 1.54) is 12.8 Å². The fourth-order valence-corrected chi connectivity index (χ4v) is 4.00. The Bertz CT molecular complexity index is 484. The van der Waals surface area contributed by atoms with Gasteiger partial charge < -0.3 is 14.8 Å². The van der Waals surface area contributed by atoms with E-state index in [-0.39, 0.29) is 5.91 Å². The lowest BCUT2D eigenvalue weighted by atomic mass is 9.97. The van der Waals surface area contributed by atoms with Gasteiger partial charge in [0.15, 0.2) is 0 Å². The Morgan fingerprint density at radius 1 is 1.33 bits per heavy atom. The van der Waals surface area contributed by atoms with Crippen LogP contribution in [0.5, 0.6) is 0 Å². The largest absolute Gasteiger partial charge is 0.344 e. The number of hydrogen-bond acceptors (Lipinski definition) is 2. The van der Waals surface area contributed by atoms with Gasteiger partial charge in [-0.2, -0.15) is 0 Å². The molecule has 4 nitrogen and oxygen atoms in total. The first-order chi connectivity index (χ1) is 10.2. The highest BCUT2D eigenvalue weighted by molar-refractivity contribution is 5.93. The molecule has 1 amide bonds. The van der Waals surface area contributed by atoms with Crippen LogP contribution in [0, 0.1) is 0 Å². The third-order valence-electron chi connectivity index (χ3n) is 5.00. The molecule has 2 atom stereocenters. The van der Waals surface area contributed by atoms with E-state index in [4.69, 9.17) is 0 Å². The van der Waals surface area contributed by atoms with Crippen molar-refractivity contribution < 1.29 is 4.79 Å². The number of aryl methyl sites for hydroxylation is 1. The number of carbonyl (C=O) groups excluding carboxylic acids is 1. The lowest BCUT2D eigenvalue weighted by molar-refractivity contribution is 0.0606. The molecule has 1 aromatic heterocycles. The number of rotatable bonds is 5. The van der Waals surface area contributed by atoms with Crippen LogP contribution < -0.4 is 5.32 Å². The number of carbonyl (C=O) groups is 1. The van der Waals surface area contributed by atoms with Crippen molar-refractivity contribution in [3.63, 3.8) is 0 Å². The summed E-state index contributed by atoms with van der Waals surface area (Å²) in [5.41, 5.74) is 0.844. The fraction of sp³-hybridized carbons (Fsp3) is 0.706. The first-order valence-corrected chi connectivity index (χ1v) is 8.45. The summed E-state index contributed by atoms with van der Waals surface area (Å²) < 4.78 is 2.06. The van der Waals surface area contributed by atoms with E-state index in [2.05, 4.69) is 28.6 Å². The van der Waals surface area contributed by atoms with E-state index in [0.717, 1.165) is 38.0 Å². The Morgan fingerprint density at radius 3 is 2.67 bits per heavy atom. The normalized spacial score (nSPS) is 27.8. The minimum Gasteiger partial charge on any atom is -0.344 e. The van der Waals surface area contributed by atoms with Crippen LogP contribution in [0.25, 0.3) is 0 Å². The Balaban J connectivity index is 1.79. The fourth-order valence-electron chi connectivity index (χ4n) is 4.00. The summed E-state index contributed by atoms with van der Waals surface area (Å²) in [5, 5.41) is 3.67. The summed E-state index contributed by atoms with van der Waals surface area (Å²) in [7, 11) is 0. The number of piperidine rings is 1. The molecule has 0 aliphatic carbocycles. The quantitative estimate of drug-likeness (QED) is 0.905. The van der Waals surface area contributed by atoms with Crippen molar-refractivity contribution in [1.29, 1.82) is 0 Å². The number of nitrogens with one attached hydrogen (secondary N) is 1. The first kappa shape index (κ1) is 14.6. The first-order valence-electron chi connectivity index (χ1n) is 8.45. The standard InChI is InChI=1S/C17H27N3O/c1-3-9-20(15-11-13-7-8-14(12-15)18-13)17(21)16-6-5-10-19(16)4-2/h5-6,10,13-15,18H,3-4,7-9,11-12H2,1-2H3. The molecule has 3 heterocycles. The molecule has 0 spiro atoms. The molecular weight excluding hydrogens is 262 g/mol. The van der Waals surface area contributed by atoms with Crippen molar-refractivity contribution >= 4 is 5.91 Å². The minimum atomic E-state index is 0.218. The van der Waals surface area contributed by atoms with E-state index in [1.807, 2.05) is 18.3 Å². The van der Waals surface area contributed by atoms with Crippen LogP contribution in [0.2, 0.25) is 0 Å². The molecule has 2 aliphatic heterocycles. The topological polar surface area (TPSA) is 37.3 Å². The van der Waals surface area contributed by atoms with Gasteiger partial charge in [0.1, 0.15) is 5.69 Å². The van der Waals surface area contributed by atoms with E-state index < -0.39 is 0 Å². The Labute approximate surface area is 127 Å². The van der Waals surface area contributed by atoms with Crippen molar-refractivity contribution in [1.82, 2.24) is 14.8 Å². The highest BCUT2D eigenvalue weighted by Gasteiger charge is 2.37. The number of aromatic nitrogens is 1. The molecule has 3 rings (SSSR count). The Morgan fingerprint density at radius 2 is 2.05 bits per heavy atom. The molecule has 21 heavy (non-hydrogen) atoms. The predicted molar refractivity (Wildman–Crippen MR) is 84.4 cm³/mol. The predicted octanol–water partition coefficient (Wildman–Crippen LogP) is 2.64. The van der Waals surface area contributed by atoms with Crippen LogP contribution >= 0.6 is 0 Å². The molecular formula is C17H27N3O. The highest BCUT2D eigenvalue weighted by atomic mass is 16.2. The van der Waals surface area contributed by atoms with Crippen molar-refractivity contribution in [2.75, 3.05) is 6.54 Å².